The molecule has 0 aliphatic heterocycles. The fourth-order valence-electron chi connectivity index (χ4n) is 2.08. The molecule has 2 nitrogen and oxygen atoms in total. The zero-order valence-electron chi connectivity index (χ0n) is 10.3. The van der Waals surface area contributed by atoms with Gasteiger partial charge in [0.25, 0.3) is 0 Å². The Morgan fingerprint density at radius 2 is 1.79 bits per heavy atom. The number of hydrogen-bond acceptors (Lipinski definition) is 2. The molecule has 0 aliphatic carbocycles. The molecule has 0 radical (unpaired) electrons. The van der Waals surface area contributed by atoms with E-state index in [-0.39, 0.29) is 5.56 Å². The third kappa shape index (κ3) is 2.76. The summed E-state index contributed by atoms with van der Waals surface area (Å²) in [7, 11) is 0. The number of aryl methyl sites for hydroxylation is 1. The SMILES string of the molecule is Cc1cc(Cl)ccc1C(NN)c1c(F)cccc1F. The summed E-state index contributed by atoms with van der Waals surface area (Å²) in [5, 5.41) is 0.561. The Bertz CT molecular complexity index is 582. The van der Waals surface area contributed by atoms with E-state index in [9.17, 15) is 8.78 Å². The van der Waals surface area contributed by atoms with Gasteiger partial charge in [-0.3, -0.25) is 5.84 Å². The summed E-state index contributed by atoms with van der Waals surface area (Å²) in [4.78, 5) is 0. The Hall–Kier alpha value is -1.49. The Labute approximate surface area is 115 Å². The lowest BCUT2D eigenvalue weighted by molar-refractivity contribution is 0.509. The summed E-state index contributed by atoms with van der Waals surface area (Å²) in [6, 6.07) is 8.04. The second-order valence-corrected chi connectivity index (χ2v) is 4.67. The van der Waals surface area contributed by atoms with Crippen molar-refractivity contribution in [2.24, 2.45) is 5.84 Å². The lowest BCUT2D eigenvalue weighted by Gasteiger charge is -2.20. The van der Waals surface area contributed by atoms with Crippen molar-refractivity contribution in [1.82, 2.24) is 5.43 Å². The predicted octanol–water partition coefficient (Wildman–Crippen LogP) is 3.48. The number of hydrogen-bond donors (Lipinski definition) is 2. The molecule has 0 aliphatic rings. The quantitative estimate of drug-likeness (QED) is 0.668. The highest BCUT2D eigenvalue weighted by atomic mass is 35.5. The van der Waals surface area contributed by atoms with Gasteiger partial charge in [0.2, 0.25) is 0 Å². The first-order chi connectivity index (χ1) is 9.04. The van der Waals surface area contributed by atoms with Gasteiger partial charge in [-0.1, -0.05) is 23.7 Å². The van der Waals surface area contributed by atoms with Gasteiger partial charge in [0, 0.05) is 10.6 Å². The fraction of sp³-hybridized carbons (Fsp3) is 0.143. The van der Waals surface area contributed by atoms with E-state index in [2.05, 4.69) is 5.43 Å². The molecule has 100 valence electrons. The second kappa shape index (κ2) is 5.65. The summed E-state index contributed by atoms with van der Waals surface area (Å²) < 4.78 is 27.6. The van der Waals surface area contributed by atoms with Gasteiger partial charge >= 0.3 is 0 Å². The minimum atomic E-state index is -0.765. The Morgan fingerprint density at radius 1 is 1.16 bits per heavy atom. The zero-order valence-corrected chi connectivity index (χ0v) is 11.0. The van der Waals surface area contributed by atoms with Crippen LogP contribution < -0.4 is 11.3 Å². The van der Waals surface area contributed by atoms with E-state index >= 15 is 0 Å². The lowest BCUT2D eigenvalue weighted by atomic mass is 9.95. The standard InChI is InChI=1S/C14H13ClF2N2/c1-8-7-9(15)5-6-10(8)14(19-18)13-11(16)3-2-4-12(13)17/h2-7,14,19H,18H2,1H3. The average molecular weight is 283 g/mol. The van der Waals surface area contributed by atoms with Crippen LogP contribution in [0.25, 0.3) is 0 Å². The molecule has 3 N–H and O–H groups in total. The molecule has 2 aromatic carbocycles. The third-order valence-electron chi connectivity index (χ3n) is 3.00. The molecule has 1 unspecified atom stereocenters. The van der Waals surface area contributed by atoms with Crippen LogP contribution in [0.15, 0.2) is 36.4 Å². The van der Waals surface area contributed by atoms with Crippen LogP contribution in [0.3, 0.4) is 0 Å². The number of nitrogens with two attached hydrogens (primary N) is 1. The maximum atomic E-state index is 13.8. The van der Waals surface area contributed by atoms with Crippen LogP contribution in [0.4, 0.5) is 8.78 Å². The summed E-state index contributed by atoms with van der Waals surface area (Å²) in [6.45, 7) is 1.81. The number of halogens is 3. The molecule has 0 fully saturated rings. The minimum absolute atomic E-state index is 0.101. The second-order valence-electron chi connectivity index (χ2n) is 4.24. The number of rotatable bonds is 3. The summed E-state index contributed by atoms with van der Waals surface area (Å²) in [5.41, 5.74) is 3.83. The van der Waals surface area contributed by atoms with Crippen molar-refractivity contribution in [2.75, 3.05) is 0 Å². The molecule has 0 bridgehead atoms. The van der Waals surface area contributed by atoms with Crippen LogP contribution in [-0.4, -0.2) is 0 Å². The monoisotopic (exact) mass is 282 g/mol. The van der Waals surface area contributed by atoms with Crippen molar-refractivity contribution in [3.8, 4) is 0 Å². The molecule has 0 amide bonds. The highest BCUT2D eigenvalue weighted by Crippen LogP contribution is 2.29. The number of nitrogens with one attached hydrogen (secondary N) is 1. The molecule has 19 heavy (non-hydrogen) atoms. The van der Waals surface area contributed by atoms with Gasteiger partial charge < -0.3 is 0 Å². The maximum Gasteiger partial charge on any atom is 0.131 e. The fourth-order valence-corrected chi connectivity index (χ4v) is 2.30. The normalized spacial score (nSPS) is 12.5. The van der Waals surface area contributed by atoms with Gasteiger partial charge in [0.15, 0.2) is 0 Å². The molecule has 0 saturated carbocycles. The molecule has 5 heteroatoms. The predicted molar refractivity (Wildman–Crippen MR) is 71.7 cm³/mol. The Kier molecular flexibility index (Phi) is 4.14. The molecule has 0 spiro atoms. The van der Waals surface area contributed by atoms with Crippen LogP contribution in [-0.2, 0) is 0 Å². The third-order valence-corrected chi connectivity index (χ3v) is 3.23. The first-order valence-electron chi connectivity index (χ1n) is 5.70. The van der Waals surface area contributed by atoms with E-state index in [1.165, 1.54) is 18.2 Å². The molecule has 2 aromatic rings. The van der Waals surface area contributed by atoms with Crippen molar-refractivity contribution < 1.29 is 8.78 Å². The highest BCUT2D eigenvalue weighted by molar-refractivity contribution is 6.30. The largest absolute Gasteiger partial charge is 0.271 e. The van der Waals surface area contributed by atoms with Crippen molar-refractivity contribution >= 4 is 11.6 Å². The van der Waals surface area contributed by atoms with E-state index < -0.39 is 17.7 Å². The van der Waals surface area contributed by atoms with E-state index in [0.717, 1.165) is 5.56 Å². The summed E-state index contributed by atoms with van der Waals surface area (Å²) >= 11 is 5.87. The van der Waals surface area contributed by atoms with Crippen LogP contribution in [0.2, 0.25) is 5.02 Å². The van der Waals surface area contributed by atoms with Gasteiger partial charge in [0.1, 0.15) is 11.6 Å². The highest BCUT2D eigenvalue weighted by Gasteiger charge is 2.22. The molecular formula is C14H13ClF2N2. The molecular weight excluding hydrogens is 270 g/mol. The average Bonchev–Trinajstić information content (AvgIpc) is 2.35. The van der Waals surface area contributed by atoms with Crippen molar-refractivity contribution in [3.05, 3.63) is 69.7 Å². The topological polar surface area (TPSA) is 38.0 Å². The molecule has 0 aromatic heterocycles. The van der Waals surface area contributed by atoms with E-state index in [4.69, 9.17) is 17.4 Å². The molecule has 0 saturated heterocycles. The van der Waals surface area contributed by atoms with Crippen molar-refractivity contribution in [2.45, 2.75) is 13.0 Å². The molecule has 0 heterocycles. The van der Waals surface area contributed by atoms with E-state index in [0.29, 0.717) is 10.6 Å². The van der Waals surface area contributed by atoms with Gasteiger partial charge in [0.05, 0.1) is 6.04 Å². The van der Waals surface area contributed by atoms with Gasteiger partial charge in [-0.25, -0.2) is 14.2 Å². The van der Waals surface area contributed by atoms with Gasteiger partial charge in [-0.05, 0) is 42.3 Å². The van der Waals surface area contributed by atoms with Gasteiger partial charge in [-0.15, -0.1) is 0 Å². The maximum absolute atomic E-state index is 13.8. The summed E-state index contributed by atoms with van der Waals surface area (Å²) in [6.07, 6.45) is 0. The zero-order chi connectivity index (χ0) is 14.0. The van der Waals surface area contributed by atoms with Crippen LogP contribution in [0.5, 0.6) is 0 Å². The smallest absolute Gasteiger partial charge is 0.131 e. The van der Waals surface area contributed by atoms with Crippen LogP contribution >= 0.6 is 11.6 Å². The van der Waals surface area contributed by atoms with Crippen LogP contribution in [0, 0.1) is 18.6 Å². The number of benzene rings is 2. The summed E-state index contributed by atoms with van der Waals surface area (Å²) in [5.74, 6) is 4.18. The first kappa shape index (κ1) is 13.9. The van der Waals surface area contributed by atoms with E-state index in [1.807, 2.05) is 6.92 Å². The first-order valence-corrected chi connectivity index (χ1v) is 6.08. The van der Waals surface area contributed by atoms with Crippen LogP contribution in [0.1, 0.15) is 22.7 Å². The van der Waals surface area contributed by atoms with Crippen molar-refractivity contribution in [1.29, 1.82) is 0 Å². The molecule has 1 atom stereocenters. The lowest BCUT2D eigenvalue weighted by Crippen LogP contribution is -2.30. The number of hydrazine groups is 1. The minimum Gasteiger partial charge on any atom is -0.271 e. The van der Waals surface area contributed by atoms with Crippen molar-refractivity contribution in [3.63, 3.8) is 0 Å². The Balaban J connectivity index is 2.56. The molecule has 2 rings (SSSR count). The van der Waals surface area contributed by atoms with E-state index in [1.54, 1.807) is 18.2 Å². The Morgan fingerprint density at radius 3 is 2.32 bits per heavy atom. The van der Waals surface area contributed by atoms with Gasteiger partial charge in [-0.2, -0.15) is 0 Å².